The van der Waals surface area contributed by atoms with Gasteiger partial charge in [-0.15, -0.1) is 0 Å². The summed E-state index contributed by atoms with van der Waals surface area (Å²) in [6.07, 6.45) is 3.75. The van der Waals surface area contributed by atoms with Crippen molar-refractivity contribution in [2.75, 3.05) is 0 Å². The minimum Gasteiger partial charge on any atom is -0.255 e. The van der Waals surface area contributed by atoms with Crippen molar-refractivity contribution in [1.82, 2.24) is 15.0 Å². The van der Waals surface area contributed by atoms with Gasteiger partial charge in [0.2, 0.25) is 0 Å². The lowest BCUT2D eigenvalue weighted by atomic mass is 9.70. The molecule has 9 aromatic rings. The third-order valence-corrected chi connectivity index (χ3v) is 11.4. The summed E-state index contributed by atoms with van der Waals surface area (Å²) < 4.78 is 0. The van der Waals surface area contributed by atoms with E-state index in [1.807, 2.05) is 30.5 Å². The lowest BCUT2D eigenvalue weighted by Gasteiger charge is -2.30. The molecule has 0 bridgehead atoms. The molecule has 0 atom stereocenters. The fourth-order valence-electron chi connectivity index (χ4n) is 8.95. The third-order valence-electron chi connectivity index (χ3n) is 11.4. The van der Waals surface area contributed by atoms with Crippen molar-refractivity contribution < 1.29 is 0 Å². The molecule has 0 aliphatic heterocycles. The Morgan fingerprint density at radius 2 is 0.782 bits per heavy atom. The standard InChI is InChI=1S/C52H33N3/c1-2-12-34(13-3-1)39-31-50(48-20-10-11-29-53-48)55-51(32-39)49-28-26-38(33-54-49)36-23-21-35(22-24-36)37-25-27-47-43(30-37)42-16-6-9-19-46(42)52(47)44-17-7-4-14-40(44)41-15-5-8-18-45(41)52/h1-33H. The topological polar surface area (TPSA) is 38.7 Å². The first-order valence-corrected chi connectivity index (χ1v) is 18.8. The van der Waals surface area contributed by atoms with Crippen LogP contribution < -0.4 is 0 Å². The number of hydrogen-bond acceptors (Lipinski definition) is 3. The number of pyridine rings is 3. The average molecular weight is 700 g/mol. The molecule has 2 aliphatic carbocycles. The van der Waals surface area contributed by atoms with Crippen LogP contribution in [0.2, 0.25) is 0 Å². The zero-order valence-electron chi connectivity index (χ0n) is 29.9. The molecule has 55 heavy (non-hydrogen) atoms. The molecule has 2 aliphatic rings. The van der Waals surface area contributed by atoms with Crippen molar-refractivity contribution >= 4 is 0 Å². The molecule has 0 saturated heterocycles. The van der Waals surface area contributed by atoms with Crippen molar-refractivity contribution in [3.8, 4) is 78.4 Å². The second-order valence-electron chi connectivity index (χ2n) is 14.4. The second kappa shape index (κ2) is 12.4. The highest BCUT2D eigenvalue weighted by molar-refractivity contribution is 5.96. The van der Waals surface area contributed by atoms with Crippen LogP contribution in [0.5, 0.6) is 0 Å². The zero-order chi connectivity index (χ0) is 36.3. The summed E-state index contributed by atoms with van der Waals surface area (Å²) in [5.74, 6) is 0. The van der Waals surface area contributed by atoms with Crippen molar-refractivity contribution in [3.05, 3.63) is 223 Å². The molecule has 11 rings (SSSR count). The van der Waals surface area contributed by atoms with Crippen LogP contribution in [0, 0.1) is 0 Å². The van der Waals surface area contributed by atoms with Crippen molar-refractivity contribution in [1.29, 1.82) is 0 Å². The fraction of sp³-hybridized carbons (Fsp3) is 0.0192. The van der Waals surface area contributed by atoms with Crippen LogP contribution in [0.3, 0.4) is 0 Å². The molecule has 6 aromatic carbocycles. The van der Waals surface area contributed by atoms with E-state index in [1.165, 1.54) is 55.6 Å². The molecule has 1 spiro atoms. The summed E-state index contributed by atoms with van der Waals surface area (Å²) in [5.41, 5.74) is 20.5. The summed E-state index contributed by atoms with van der Waals surface area (Å²) >= 11 is 0. The summed E-state index contributed by atoms with van der Waals surface area (Å²) in [6, 6.07) is 67.5. The fourth-order valence-corrected chi connectivity index (χ4v) is 8.95. The molecule has 0 unspecified atom stereocenters. The Hall–Kier alpha value is -7.23. The monoisotopic (exact) mass is 699 g/mol. The Morgan fingerprint density at radius 3 is 1.38 bits per heavy atom. The highest BCUT2D eigenvalue weighted by Gasteiger charge is 2.51. The Kier molecular flexibility index (Phi) is 7.08. The van der Waals surface area contributed by atoms with E-state index in [2.05, 4.69) is 169 Å². The maximum atomic E-state index is 5.01. The smallest absolute Gasteiger partial charge is 0.0900 e. The average Bonchev–Trinajstić information content (AvgIpc) is 3.74. The lowest BCUT2D eigenvalue weighted by molar-refractivity contribution is 0.794. The van der Waals surface area contributed by atoms with Gasteiger partial charge in [-0.3, -0.25) is 9.97 Å². The lowest BCUT2D eigenvalue weighted by Crippen LogP contribution is -2.25. The molecule has 0 amide bonds. The van der Waals surface area contributed by atoms with E-state index in [0.717, 1.165) is 45.0 Å². The predicted octanol–water partition coefficient (Wildman–Crippen LogP) is 12.6. The summed E-state index contributed by atoms with van der Waals surface area (Å²) in [7, 11) is 0. The van der Waals surface area contributed by atoms with Gasteiger partial charge in [-0.25, -0.2) is 4.98 Å². The number of benzene rings is 6. The first-order chi connectivity index (χ1) is 27.3. The van der Waals surface area contributed by atoms with E-state index in [9.17, 15) is 0 Å². The highest BCUT2D eigenvalue weighted by Crippen LogP contribution is 2.62. The van der Waals surface area contributed by atoms with E-state index >= 15 is 0 Å². The number of rotatable bonds is 5. The number of fused-ring (bicyclic) bond motifs is 10. The molecule has 3 heterocycles. The molecule has 3 nitrogen and oxygen atoms in total. The van der Waals surface area contributed by atoms with Crippen molar-refractivity contribution in [3.63, 3.8) is 0 Å². The molecule has 3 aromatic heterocycles. The second-order valence-corrected chi connectivity index (χ2v) is 14.4. The van der Waals surface area contributed by atoms with Gasteiger partial charge in [0.1, 0.15) is 0 Å². The normalized spacial score (nSPS) is 12.9. The summed E-state index contributed by atoms with van der Waals surface area (Å²) in [6.45, 7) is 0. The minimum atomic E-state index is -0.320. The van der Waals surface area contributed by atoms with Crippen LogP contribution in [0.4, 0.5) is 0 Å². The third kappa shape index (κ3) is 4.87. The quantitative estimate of drug-likeness (QED) is 0.179. The largest absolute Gasteiger partial charge is 0.255 e. The van der Waals surface area contributed by atoms with E-state index < -0.39 is 0 Å². The van der Waals surface area contributed by atoms with Gasteiger partial charge in [0, 0.05) is 18.0 Å². The van der Waals surface area contributed by atoms with E-state index in [0.29, 0.717) is 0 Å². The van der Waals surface area contributed by atoms with Gasteiger partial charge < -0.3 is 0 Å². The first-order valence-electron chi connectivity index (χ1n) is 18.8. The number of hydrogen-bond donors (Lipinski definition) is 0. The Bertz CT molecular complexity index is 2790. The molecule has 3 heteroatoms. The summed E-state index contributed by atoms with van der Waals surface area (Å²) in [4.78, 5) is 14.5. The van der Waals surface area contributed by atoms with E-state index in [4.69, 9.17) is 9.97 Å². The Morgan fingerprint density at radius 1 is 0.291 bits per heavy atom. The van der Waals surface area contributed by atoms with Gasteiger partial charge >= 0.3 is 0 Å². The molecule has 256 valence electrons. The van der Waals surface area contributed by atoms with Crippen molar-refractivity contribution in [2.24, 2.45) is 0 Å². The molecule has 0 fully saturated rings. The van der Waals surface area contributed by atoms with Crippen LogP contribution in [0.15, 0.2) is 200 Å². The van der Waals surface area contributed by atoms with Gasteiger partial charge in [0.05, 0.1) is 28.2 Å². The van der Waals surface area contributed by atoms with Crippen LogP contribution in [0.25, 0.3) is 78.4 Å². The van der Waals surface area contributed by atoms with Gasteiger partial charge in [0.15, 0.2) is 0 Å². The number of aromatic nitrogens is 3. The zero-order valence-corrected chi connectivity index (χ0v) is 29.9. The van der Waals surface area contributed by atoms with E-state index in [-0.39, 0.29) is 5.41 Å². The van der Waals surface area contributed by atoms with Gasteiger partial charge in [-0.1, -0.05) is 152 Å². The van der Waals surface area contributed by atoms with Crippen molar-refractivity contribution in [2.45, 2.75) is 5.41 Å². The minimum absolute atomic E-state index is 0.320. The molecule has 0 radical (unpaired) electrons. The molecular formula is C52H33N3. The van der Waals surface area contributed by atoms with Crippen LogP contribution >= 0.6 is 0 Å². The SMILES string of the molecule is c1ccc(-c2cc(-c3ccccn3)nc(-c3ccc(-c4ccc(-c5ccc6c(c5)-c5ccccc5C65c6ccccc6-c6ccccc65)cc4)cn3)c2)cc1. The molecule has 0 saturated carbocycles. The molecule has 0 N–H and O–H groups in total. The van der Waals surface area contributed by atoms with Gasteiger partial charge in [-0.05, 0) is 109 Å². The first kappa shape index (κ1) is 31.3. The van der Waals surface area contributed by atoms with E-state index in [1.54, 1.807) is 6.20 Å². The maximum Gasteiger partial charge on any atom is 0.0900 e. The van der Waals surface area contributed by atoms with Crippen LogP contribution in [0.1, 0.15) is 22.3 Å². The maximum absolute atomic E-state index is 5.01. The number of nitrogens with zero attached hydrogens (tertiary/aromatic N) is 3. The predicted molar refractivity (Wildman–Crippen MR) is 223 cm³/mol. The summed E-state index contributed by atoms with van der Waals surface area (Å²) in [5, 5.41) is 0. The highest BCUT2D eigenvalue weighted by atomic mass is 14.8. The van der Waals surface area contributed by atoms with Crippen LogP contribution in [-0.4, -0.2) is 15.0 Å². The van der Waals surface area contributed by atoms with Gasteiger partial charge in [-0.2, -0.15) is 0 Å². The molecular weight excluding hydrogens is 667 g/mol. The Labute approximate surface area is 320 Å². The van der Waals surface area contributed by atoms with Gasteiger partial charge in [0.25, 0.3) is 0 Å². The van der Waals surface area contributed by atoms with Crippen LogP contribution in [-0.2, 0) is 5.41 Å². The Balaban J connectivity index is 0.932.